The second-order valence-corrected chi connectivity index (χ2v) is 7.73. The predicted octanol–water partition coefficient (Wildman–Crippen LogP) is 6.05. The molecule has 0 saturated carbocycles. The van der Waals surface area contributed by atoms with Crippen LogP contribution in [0.3, 0.4) is 0 Å². The van der Waals surface area contributed by atoms with Gasteiger partial charge in [-0.2, -0.15) is 18.3 Å². The molecule has 0 fully saturated rings. The van der Waals surface area contributed by atoms with Crippen LogP contribution in [0.5, 0.6) is 0 Å². The zero-order chi connectivity index (χ0) is 21.9. The normalized spacial score (nSPS) is 15.6. The molecule has 4 nitrogen and oxygen atoms in total. The number of nitrogens with zero attached hydrogens (tertiary/aromatic N) is 3. The fourth-order valence-corrected chi connectivity index (χ4v) is 3.45. The Balaban J connectivity index is 2.11. The van der Waals surface area contributed by atoms with Gasteiger partial charge in [-0.3, -0.25) is 10.4 Å². The van der Waals surface area contributed by atoms with E-state index in [4.69, 9.17) is 34.8 Å². The van der Waals surface area contributed by atoms with Crippen molar-refractivity contribution >= 4 is 57.7 Å². The molecule has 1 aliphatic heterocycles. The molecule has 2 aromatic rings. The summed E-state index contributed by atoms with van der Waals surface area (Å²) in [5.41, 5.74) is 3.82. The Kier molecular flexibility index (Phi) is 7.06. The van der Waals surface area contributed by atoms with Gasteiger partial charge in [0.2, 0.25) is 0 Å². The van der Waals surface area contributed by atoms with E-state index in [-0.39, 0.29) is 18.0 Å². The van der Waals surface area contributed by atoms with Gasteiger partial charge >= 0.3 is 6.18 Å². The fourth-order valence-electron chi connectivity index (χ4n) is 2.72. The van der Waals surface area contributed by atoms with Crippen LogP contribution in [0, 0.1) is 0 Å². The standard InChI is InChI=1S/C20H16Cl3F3N4/c1-11(22)17(9-21)29-30-18-10-27-19(13-4-2-3-5-15(13)23)14-8-12(20(24,25)26)6-7-16(14)28-18/h2-8,11H,9-10H2,1H3,(H,28,30). The van der Waals surface area contributed by atoms with Crippen molar-refractivity contribution in [3.63, 3.8) is 0 Å². The molecule has 2 aromatic carbocycles. The molecule has 3 rings (SSSR count). The molecule has 1 unspecified atom stereocenters. The van der Waals surface area contributed by atoms with Crippen molar-refractivity contribution < 1.29 is 13.2 Å². The van der Waals surface area contributed by atoms with Crippen LogP contribution in [-0.2, 0) is 6.18 Å². The van der Waals surface area contributed by atoms with E-state index >= 15 is 0 Å². The molecule has 0 aliphatic carbocycles. The first kappa shape index (κ1) is 22.6. The summed E-state index contributed by atoms with van der Waals surface area (Å²) >= 11 is 18.1. The largest absolute Gasteiger partial charge is 0.416 e. The van der Waals surface area contributed by atoms with Gasteiger partial charge in [-0.25, -0.2) is 4.99 Å². The van der Waals surface area contributed by atoms with E-state index in [2.05, 4.69) is 20.5 Å². The summed E-state index contributed by atoms with van der Waals surface area (Å²) in [5.74, 6) is 0.447. The number of halogens is 6. The Morgan fingerprint density at radius 2 is 1.93 bits per heavy atom. The molecule has 0 aromatic heterocycles. The maximum absolute atomic E-state index is 13.3. The van der Waals surface area contributed by atoms with Gasteiger partial charge in [0.05, 0.1) is 40.5 Å². The third-order valence-electron chi connectivity index (χ3n) is 4.27. The first-order valence-electron chi connectivity index (χ1n) is 8.81. The van der Waals surface area contributed by atoms with Crippen molar-refractivity contribution in [2.75, 3.05) is 12.4 Å². The molecule has 0 radical (unpaired) electrons. The van der Waals surface area contributed by atoms with Gasteiger partial charge in [0.25, 0.3) is 0 Å². The van der Waals surface area contributed by atoms with Gasteiger partial charge in [-0.05, 0) is 31.2 Å². The van der Waals surface area contributed by atoms with Crippen LogP contribution >= 0.6 is 34.8 Å². The highest BCUT2D eigenvalue weighted by Crippen LogP contribution is 2.35. The van der Waals surface area contributed by atoms with Crippen molar-refractivity contribution in [3.8, 4) is 0 Å². The molecule has 0 amide bonds. The maximum atomic E-state index is 13.3. The van der Waals surface area contributed by atoms with Crippen molar-refractivity contribution in [1.29, 1.82) is 0 Å². The lowest BCUT2D eigenvalue weighted by molar-refractivity contribution is -0.137. The van der Waals surface area contributed by atoms with Gasteiger partial charge in [-0.1, -0.05) is 29.8 Å². The molecule has 30 heavy (non-hydrogen) atoms. The van der Waals surface area contributed by atoms with E-state index in [0.29, 0.717) is 33.5 Å². The Morgan fingerprint density at radius 3 is 2.57 bits per heavy atom. The van der Waals surface area contributed by atoms with E-state index in [1.165, 1.54) is 6.07 Å². The lowest BCUT2D eigenvalue weighted by Crippen LogP contribution is -2.25. The predicted molar refractivity (Wildman–Crippen MR) is 117 cm³/mol. The topological polar surface area (TPSA) is 49.1 Å². The van der Waals surface area contributed by atoms with Crippen molar-refractivity contribution in [1.82, 2.24) is 5.43 Å². The van der Waals surface area contributed by atoms with Crippen molar-refractivity contribution in [2.45, 2.75) is 18.5 Å². The number of hydrogen-bond acceptors (Lipinski definition) is 4. The number of fused-ring (bicyclic) bond motifs is 1. The molecule has 1 atom stereocenters. The van der Waals surface area contributed by atoms with Crippen LogP contribution in [0.2, 0.25) is 5.02 Å². The van der Waals surface area contributed by atoms with Crippen LogP contribution in [0.25, 0.3) is 0 Å². The zero-order valence-corrected chi connectivity index (χ0v) is 17.9. The molecular formula is C20H16Cl3F3N4. The summed E-state index contributed by atoms with van der Waals surface area (Å²) in [6.45, 7) is 1.77. The van der Waals surface area contributed by atoms with Crippen LogP contribution in [0.4, 0.5) is 18.9 Å². The van der Waals surface area contributed by atoms with Gasteiger partial charge in [0, 0.05) is 16.1 Å². The van der Waals surface area contributed by atoms with Gasteiger partial charge in [0.1, 0.15) is 5.84 Å². The third-order valence-corrected chi connectivity index (χ3v) is 5.13. The molecule has 1 aliphatic rings. The van der Waals surface area contributed by atoms with E-state index in [1.807, 2.05) is 0 Å². The minimum Gasteiger partial charge on any atom is -0.276 e. The molecule has 0 bridgehead atoms. The second kappa shape index (κ2) is 9.37. The lowest BCUT2D eigenvalue weighted by Gasteiger charge is -2.13. The molecular weight excluding hydrogens is 460 g/mol. The summed E-state index contributed by atoms with van der Waals surface area (Å²) in [4.78, 5) is 8.91. The third kappa shape index (κ3) is 5.14. The van der Waals surface area contributed by atoms with Gasteiger partial charge in [0.15, 0.2) is 0 Å². The highest BCUT2D eigenvalue weighted by molar-refractivity contribution is 6.39. The monoisotopic (exact) mass is 474 g/mol. The summed E-state index contributed by atoms with van der Waals surface area (Å²) in [6.07, 6.45) is -4.51. The number of rotatable bonds is 4. The average molecular weight is 476 g/mol. The number of hydrogen-bond donors (Lipinski definition) is 1. The Hall–Kier alpha value is -2.09. The molecule has 158 valence electrons. The highest BCUT2D eigenvalue weighted by atomic mass is 35.5. The van der Waals surface area contributed by atoms with Gasteiger partial charge in [-0.15, -0.1) is 23.2 Å². The Labute approximate surface area is 186 Å². The van der Waals surface area contributed by atoms with Gasteiger partial charge < -0.3 is 0 Å². The number of benzene rings is 2. The minimum absolute atomic E-state index is 0.0479. The molecule has 0 spiro atoms. The molecule has 1 N–H and O–H groups in total. The summed E-state index contributed by atoms with van der Waals surface area (Å²) in [6, 6.07) is 10.1. The van der Waals surface area contributed by atoms with Crippen LogP contribution in [0.1, 0.15) is 23.6 Å². The van der Waals surface area contributed by atoms with Crippen molar-refractivity contribution in [3.05, 3.63) is 64.2 Å². The fraction of sp³-hybridized carbons (Fsp3) is 0.250. The Bertz CT molecular complexity index is 1030. The molecule has 0 saturated heterocycles. The number of hydrazone groups is 1. The lowest BCUT2D eigenvalue weighted by atomic mass is 9.98. The SMILES string of the molecule is CC(Cl)C(CCl)=NNC1=Nc2ccc(C(F)(F)F)cc2C(c2ccccc2Cl)=NC1. The van der Waals surface area contributed by atoms with Crippen molar-refractivity contribution in [2.24, 2.45) is 15.1 Å². The molecule has 1 heterocycles. The zero-order valence-electron chi connectivity index (χ0n) is 15.6. The average Bonchev–Trinajstić information content (AvgIpc) is 2.87. The van der Waals surface area contributed by atoms with E-state index < -0.39 is 17.1 Å². The smallest absolute Gasteiger partial charge is 0.276 e. The first-order chi connectivity index (χ1) is 14.2. The summed E-state index contributed by atoms with van der Waals surface area (Å²) in [7, 11) is 0. The number of amidine groups is 1. The second-order valence-electron chi connectivity index (χ2n) is 6.40. The maximum Gasteiger partial charge on any atom is 0.416 e. The Morgan fingerprint density at radius 1 is 1.20 bits per heavy atom. The van der Waals surface area contributed by atoms with E-state index in [1.54, 1.807) is 31.2 Å². The van der Waals surface area contributed by atoms with Crippen LogP contribution in [-0.4, -0.2) is 35.1 Å². The highest BCUT2D eigenvalue weighted by Gasteiger charge is 2.32. The number of nitrogens with one attached hydrogen (secondary N) is 1. The first-order valence-corrected chi connectivity index (χ1v) is 10.2. The quantitative estimate of drug-likeness (QED) is 0.326. The number of aliphatic imine (C=N–C) groups is 2. The summed E-state index contributed by atoms with van der Waals surface area (Å²) < 4.78 is 39.9. The van der Waals surface area contributed by atoms with E-state index in [0.717, 1.165) is 12.1 Å². The summed E-state index contributed by atoms with van der Waals surface area (Å²) in [5, 5.41) is 4.12. The van der Waals surface area contributed by atoms with E-state index in [9.17, 15) is 13.2 Å². The number of alkyl halides is 5. The van der Waals surface area contributed by atoms with Crippen LogP contribution < -0.4 is 5.43 Å². The molecule has 10 heteroatoms. The minimum atomic E-state index is -4.51. The van der Waals surface area contributed by atoms with Crippen LogP contribution in [0.15, 0.2) is 57.6 Å².